The van der Waals surface area contributed by atoms with Crippen molar-refractivity contribution in [1.82, 2.24) is 10.6 Å². The highest BCUT2D eigenvalue weighted by atomic mass is 32.1. The van der Waals surface area contributed by atoms with E-state index in [2.05, 4.69) is 10.6 Å². The molecule has 1 heterocycles. The quantitative estimate of drug-likeness (QED) is 0.567. The maximum atomic E-state index is 5.40. The van der Waals surface area contributed by atoms with Crippen LogP contribution in [0.3, 0.4) is 0 Å². The summed E-state index contributed by atoms with van der Waals surface area (Å²) in [7, 11) is 1.79. The van der Waals surface area contributed by atoms with Gasteiger partial charge in [0.1, 0.15) is 12.4 Å². The van der Waals surface area contributed by atoms with Crippen LogP contribution in [0.1, 0.15) is 12.2 Å². The molecule has 0 radical (unpaired) electrons. The summed E-state index contributed by atoms with van der Waals surface area (Å²) in [6.45, 7) is 2.04. The minimum absolute atomic E-state index is 0.531. The Kier molecular flexibility index (Phi) is 5.80. The molecule has 0 atom stereocenters. The fourth-order valence-electron chi connectivity index (χ4n) is 1.03. The lowest BCUT2D eigenvalue weighted by atomic mass is 10.4. The van der Waals surface area contributed by atoms with Gasteiger partial charge in [-0.25, -0.2) is 0 Å². The van der Waals surface area contributed by atoms with E-state index in [1.807, 2.05) is 12.1 Å². The largest absolute Gasteiger partial charge is 0.467 e. The molecule has 0 spiro atoms. The van der Waals surface area contributed by atoms with E-state index in [0.29, 0.717) is 18.3 Å². The van der Waals surface area contributed by atoms with Crippen molar-refractivity contribution in [2.45, 2.75) is 13.0 Å². The van der Waals surface area contributed by atoms with Crippen LogP contribution < -0.4 is 10.6 Å². The number of nitrogens with one attached hydrogen (secondary N) is 2. The number of hydrogen-bond acceptors (Lipinski definition) is 3. The van der Waals surface area contributed by atoms with Crippen LogP contribution in [0.2, 0.25) is 0 Å². The van der Waals surface area contributed by atoms with E-state index in [4.69, 9.17) is 21.4 Å². The van der Waals surface area contributed by atoms with E-state index in [1.54, 1.807) is 13.3 Å². The van der Waals surface area contributed by atoms with Gasteiger partial charge in [-0.1, -0.05) is 0 Å². The van der Waals surface area contributed by atoms with Crippen molar-refractivity contribution in [3.05, 3.63) is 24.2 Å². The maximum absolute atomic E-state index is 5.40. The SMILES string of the molecule is CNC(=S)NCCCOCc1ccco1. The van der Waals surface area contributed by atoms with Crippen LogP contribution >= 0.6 is 12.2 Å². The fourth-order valence-corrected chi connectivity index (χ4v) is 1.13. The predicted molar refractivity (Wildman–Crippen MR) is 62.6 cm³/mol. The number of rotatable bonds is 6. The van der Waals surface area contributed by atoms with Gasteiger partial charge in [0.15, 0.2) is 5.11 Å². The third-order valence-corrected chi connectivity index (χ3v) is 2.15. The van der Waals surface area contributed by atoms with E-state index < -0.39 is 0 Å². The molecule has 5 heteroatoms. The van der Waals surface area contributed by atoms with Crippen molar-refractivity contribution >= 4 is 17.3 Å². The molecule has 0 unspecified atom stereocenters. The predicted octanol–water partition coefficient (Wildman–Crippen LogP) is 1.28. The second kappa shape index (κ2) is 7.25. The lowest BCUT2D eigenvalue weighted by Gasteiger charge is -2.06. The summed E-state index contributed by atoms with van der Waals surface area (Å²) in [6.07, 6.45) is 2.56. The summed E-state index contributed by atoms with van der Waals surface area (Å²) in [4.78, 5) is 0. The van der Waals surface area contributed by atoms with Crippen LogP contribution in [-0.4, -0.2) is 25.3 Å². The lowest BCUT2D eigenvalue weighted by molar-refractivity contribution is 0.105. The van der Waals surface area contributed by atoms with Crippen molar-refractivity contribution in [3.8, 4) is 0 Å². The normalized spacial score (nSPS) is 9.93. The zero-order chi connectivity index (χ0) is 10.9. The van der Waals surface area contributed by atoms with Gasteiger partial charge in [-0.15, -0.1) is 0 Å². The molecule has 0 amide bonds. The van der Waals surface area contributed by atoms with Gasteiger partial charge in [-0.05, 0) is 30.8 Å². The molecule has 15 heavy (non-hydrogen) atoms. The summed E-state index contributed by atoms with van der Waals surface area (Å²) in [5.74, 6) is 0.855. The lowest BCUT2D eigenvalue weighted by Crippen LogP contribution is -2.33. The van der Waals surface area contributed by atoms with Crippen LogP contribution in [0.25, 0.3) is 0 Å². The minimum atomic E-state index is 0.531. The third-order valence-electron chi connectivity index (χ3n) is 1.80. The van der Waals surface area contributed by atoms with Crippen LogP contribution in [0.5, 0.6) is 0 Å². The van der Waals surface area contributed by atoms with E-state index in [9.17, 15) is 0 Å². The zero-order valence-corrected chi connectivity index (χ0v) is 9.60. The number of ether oxygens (including phenoxy) is 1. The monoisotopic (exact) mass is 228 g/mol. The fraction of sp³-hybridized carbons (Fsp3) is 0.500. The highest BCUT2D eigenvalue weighted by Crippen LogP contribution is 2.01. The van der Waals surface area contributed by atoms with Gasteiger partial charge in [0.2, 0.25) is 0 Å². The van der Waals surface area contributed by atoms with Gasteiger partial charge in [0, 0.05) is 20.2 Å². The first kappa shape index (κ1) is 12.0. The van der Waals surface area contributed by atoms with E-state index in [1.165, 1.54) is 0 Å². The first-order chi connectivity index (χ1) is 7.33. The minimum Gasteiger partial charge on any atom is -0.467 e. The highest BCUT2D eigenvalue weighted by Gasteiger charge is 1.95. The Bertz CT molecular complexity index is 275. The van der Waals surface area contributed by atoms with Crippen molar-refractivity contribution in [1.29, 1.82) is 0 Å². The summed E-state index contributed by atoms with van der Waals surface area (Å²) in [6, 6.07) is 3.75. The topological polar surface area (TPSA) is 46.4 Å². The van der Waals surface area contributed by atoms with Crippen LogP contribution in [0.4, 0.5) is 0 Å². The van der Waals surface area contributed by atoms with Crippen molar-refractivity contribution in [3.63, 3.8) is 0 Å². The van der Waals surface area contributed by atoms with E-state index >= 15 is 0 Å². The Morgan fingerprint density at radius 2 is 2.47 bits per heavy atom. The third kappa shape index (κ3) is 5.39. The zero-order valence-electron chi connectivity index (χ0n) is 8.79. The molecular weight excluding hydrogens is 212 g/mol. The van der Waals surface area contributed by atoms with E-state index in [-0.39, 0.29) is 0 Å². The molecule has 4 nitrogen and oxygen atoms in total. The average Bonchev–Trinajstić information content (AvgIpc) is 2.75. The Labute approximate surface area is 95.0 Å². The van der Waals surface area contributed by atoms with Gasteiger partial charge in [0.25, 0.3) is 0 Å². The molecule has 0 saturated carbocycles. The molecule has 0 aliphatic rings. The molecule has 0 fully saturated rings. The first-order valence-corrected chi connectivity index (χ1v) is 5.29. The van der Waals surface area contributed by atoms with Crippen LogP contribution in [0.15, 0.2) is 22.8 Å². The van der Waals surface area contributed by atoms with Gasteiger partial charge in [0.05, 0.1) is 6.26 Å². The average molecular weight is 228 g/mol. The second-order valence-electron chi connectivity index (χ2n) is 2.99. The Balaban J connectivity index is 1.91. The molecule has 0 aliphatic carbocycles. The Morgan fingerprint density at radius 3 is 3.13 bits per heavy atom. The van der Waals surface area contributed by atoms with Gasteiger partial charge < -0.3 is 19.8 Å². The summed E-state index contributed by atoms with van der Waals surface area (Å²) < 4.78 is 10.5. The molecule has 0 aliphatic heterocycles. The van der Waals surface area contributed by atoms with Gasteiger partial charge in [-0.3, -0.25) is 0 Å². The summed E-state index contributed by atoms with van der Waals surface area (Å²) in [5.41, 5.74) is 0. The number of thiocarbonyl (C=S) groups is 1. The second-order valence-corrected chi connectivity index (χ2v) is 3.40. The summed E-state index contributed by atoms with van der Waals surface area (Å²) in [5, 5.41) is 6.55. The highest BCUT2D eigenvalue weighted by molar-refractivity contribution is 7.80. The van der Waals surface area contributed by atoms with Crippen LogP contribution in [-0.2, 0) is 11.3 Å². The molecular formula is C10H16N2O2S. The van der Waals surface area contributed by atoms with Gasteiger partial charge in [-0.2, -0.15) is 0 Å². The molecule has 84 valence electrons. The molecule has 0 bridgehead atoms. The Hall–Kier alpha value is -1.07. The van der Waals surface area contributed by atoms with Crippen molar-refractivity contribution < 1.29 is 9.15 Å². The maximum Gasteiger partial charge on any atom is 0.166 e. The van der Waals surface area contributed by atoms with Crippen LogP contribution in [0, 0.1) is 0 Å². The Morgan fingerprint density at radius 1 is 1.60 bits per heavy atom. The standard InChI is InChI=1S/C10H16N2O2S/c1-11-10(15)12-5-3-6-13-8-9-4-2-7-14-9/h2,4,7H,3,5-6,8H2,1H3,(H2,11,12,15). The molecule has 0 saturated heterocycles. The molecule has 0 aromatic carbocycles. The number of furan rings is 1. The molecule has 1 aromatic heterocycles. The molecule has 1 aromatic rings. The number of hydrogen-bond donors (Lipinski definition) is 2. The smallest absolute Gasteiger partial charge is 0.166 e. The molecule has 1 rings (SSSR count). The van der Waals surface area contributed by atoms with E-state index in [0.717, 1.165) is 18.7 Å². The molecule has 2 N–H and O–H groups in total. The van der Waals surface area contributed by atoms with Crippen molar-refractivity contribution in [2.75, 3.05) is 20.2 Å². The summed E-state index contributed by atoms with van der Waals surface area (Å²) >= 11 is 4.92. The first-order valence-electron chi connectivity index (χ1n) is 4.88. The van der Waals surface area contributed by atoms with Crippen molar-refractivity contribution in [2.24, 2.45) is 0 Å². The van der Waals surface area contributed by atoms with Gasteiger partial charge >= 0.3 is 0 Å².